The molecule has 4 N–H and O–H groups in total. The fourth-order valence-electron chi connectivity index (χ4n) is 1.84. The van der Waals surface area contributed by atoms with E-state index in [1.54, 1.807) is 12.1 Å². The molecule has 0 radical (unpaired) electrons. The highest BCUT2D eigenvalue weighted by atomic mass is 32.1. The molecule has 1 amide bonds. The first-order valence-corrected chi connectivity index (χ1v) is 6.51. The quantitative estimate of drug-likeness (QED) is 0.759. The summed E-state index contributed by atoms with van der Waals surface area (Å²) in [6, 6.07) is 14.9. The van der Waals surface area contributed by atoms with Crippen LogP contribution < -0.4 is 16.4 Å². The van der Waals surface area contributed by atoms with Gasteiger partial charge in [0.05, 0.1) is 0 Å². The van der Waals surface area contributed by atoms with E-state index in [0.29, 0.717) is 10.7 Å². The predicted molar refractivity (Wildman–Crippen MR) is 86.0 cm³/mol. The summed E-state index contributed by atoms with van der Waals surface area (Å²) in [5.41, 5.74) is 8.24. The van der Waals surface area contributed by atoms with Gasteiger partial charge >= 0.3 is 0 Å². The van der Waals surface area contributed by atoms with Gasteiger partial charge in [0.2, 0.25) is 5.91 Å². The number of primary amides is 1. The summed E-state index contributed by atoms with van der Waals surface area (Å²) in [5, 5.41) is 6.60. The Hall–Kier alpha value is -2.40. The third-order valence-electron chi connectivity index (χ3n) is 2.88. The van der Waals surface area contributed by atoms with Gasteiger partial charge in [-0.2, -0.15) is 0 Å². The lowest BCUT2D eigenvalue weighted by Crippen LogP contribution is -2.21. The van der Waals surface area contributed by atoms with Crippen LogP contribution in [-0.4, -0.2) is 11.0 Å². The second-order valence-electron chi connectivity index (χ2n) is 4.29. The first kappa shape index (κ1) is 14.0. The van der Waals surface area contributed by atoms with Crippen molar-refractivity contribution in [2.24, 2.45) is 5.73 Å². The van der Waals surface area contributed by atoms with Gasteiger partial charge in [0.15, 0.2) is 5.11 Å². The molecule has 102 valence electrons. The van der Waals surface area contributed by atoms with Crippen molar-refractivity contribution in [2.75, 3.05) is 10.6 Å². The zero-order valence-electron chi connectivity index (χ0n) is 11.0. The lowest BCUT2D eigenvalue weighted by atomic mass is 10.1. The molecule has 0 fully saturated rings. The molecule has 0 atom stereocenters. The number of hydrogen-bond acceptors (Lipinski definition) is 2. The van der Waals surface area contributed by atoms with Gasteiger partial charge in [-0.1, -0.05) is 24.3 Å². The van der Waals surface area contributed by atoms with Crippen molar-refractivity contribution in [1.82, 2.24) is 0 Å². The van der Waals surface area contributed by atoms with Crippen LogP contribution in [0.2, 0.25) is 0 Å². The topological polar surface area (TPSA) is 67.2 Å². The number of carbonyl (C=O) groups is 1. The molecule has 4 nitrogen and oxygen atoms in total. The van der Waals surface area contributed by atoms with Gasteiger partial charge in [0.1, 0.15) is 0 Å². The fourth-order valence-corrected chi connectivity index (χ4v) is 2.07. The molecular weight excluding hydrogens is 270 g/mol. The molecule has 0 aliphatic carbocycles. The van der Waals surface area contributed by atoms with E-state index in [2.05, 4.69) is 10.6 Å². The molecule has 2 aromatic rings. The molecule has 0 saturated carbocycles. The number of anilines is 2. The monoisotopic (exact) mass is 285 g/mol. The van der Waals surface area contributed by atoms with E-state index in [-0.39, 0.29) is 0 Å². The molecule has 0 aliphatic heterocycles. The second-order valence-corrected chi connectivity index (χ2v) is 4.70. The Morgan fingerprint density at radius 2 is 1.75 bits per heavy atom. The van der Waals surface area contributed by atoms with Crippen LogP contribution in [0.4, 0.5) is 11.4 Å². The number of nitrogens with one attached hydrogen (secondary N) is 2. The Labute approximate surface area is 123 Å². The van der Waals surface area contributed by atoms with Crippen LogP contribution in [0.1, 0.15) is 15.9 Å². The van der Waals surface area contributed by atoms with E-state index >= 15 is 0 Å². The van der Waals surface area contributed by atoms with Gasteiger partial charge in [-0.05, 0) is 49.0 Å². The molecular formula is C15H15N3OS. The van der Waals surface area contributed by atoms with Crippen LogP contribution >= 0.6 is 12.2 Å². The minimum absolute atomic E-state index is 0.451. The van der Waals surface area contributed by atoms with Crippen LogP contribution in [-0.2, 0) is 0 Å². The highest BCUT2D eigenvalue weighted by Crippen LogP contribution is 2.19. The van der Waals surface area contributed by atoms with Gasteiger partial charge in [0.25, 0.3) is 0 Å². The maximum atomic E-state index is 11.3. The van der Waals surface area contributed by atoms with Crippen LogP contribution in [0, 0.1) is 6.92 Å². The normalized spacial score (nSPS) is 9.85. The first-order chi connectivity index (χ1) is 9.58. The number of thiocarbonyl (C=S) groups is 1. The van der Waals surface area contributed by atoms with Gasteiger partial charge < -0.3 is 16.4 Å². The molecule has 2 aromatic carbocycles. The highest BCUT2D eigenvalue weighted by Gasteiger charge is 2.09. The summed E-state index contributed by atoms with van der Waals surface area (Å²) in [4.78, 5) is 11.3. The minimum Gasteiger partial charge on any atom is -0.366 e. The van der Waals surface area contributed by atoms with Gasteiger partial charge in [0, 0.05) is 16.9 Å². The lowest BCUT2D eigenvalue weighted by Gasteiger charge is -2.14. The minimum atomic E-state index is -0.451. The number of carbonyl (C=O) groups excluding carboxylic acids is 1. The van der Waals surface area contributed by atoms with E-state index in [1.807, 2.05) is 43.3 Å². The summed E-state index contributed by atoms with van der Waals surface area (Å²) in [5.74, 6) is -0.451. The highest BCUT2D eigenvalue weighted by molar-refractivity contribution is 7.80. The number of hydrogen-bond donors (Lipinski definition) is 3. The van der Waals surface area contributed by atoms with E-state index in [1.165, 1.54) is 0 Å². The Balaban J connectivity index is 2.12. The number of nitrogens with two attached hydrogens (primary N) is 1. The van der Waals surface area contributed by atoms with Crippen molar-refractivity contribution in [3.63, 3.8) is 0 Å². The first-order valence-electron chi connectivity index (χ1n) is 6.10. The molecule has 5 heteroatoms. The molecule has 0 heterocycles. The third kappa shape index (κ3) is 3.33. The van der Waals surface area contributed by atoms with Gasteiger partial charge in [-0.25, -0.2) is 0 Å². The van der Waals surface area contributed by atoms with Crippen LogP contribution in [0.15, 0.2) is 48.5 Å². The van der Waals surface area contributed by atoms with Crippen molar-refractivity contribution in [3.05, 3.63) is 59.7 Å². The molecule has 0 aromatic heterocycles. The molecule has 0 bridgehead atoms. The Kier molecular flexibility index (Phi) is 4.32. The average molecular weight is 285 g/mol. The molecule has 0 saturated heterocycles. The zero-order chi connectivity index (χ0) is 14.5. The summed E-state index contributed by atoms with van der Waals surface area (Å²) in [7, 11) is 0. The number of amides is 1. The maximum absolute atomic E-state index is 11.3. The lowest BCUT2D eigenvalue weighted by molar-refractivity contribution is 0.1000. The number of rotatable bonds is 3. The second kappa shape index (κ2) is 6.16. The SMILES string of the molecule is Cc1c(NC(=S)Nc2ccccc2)cccc1C(N)=O. The summed E-state index contributed by atoms with van der Waals surface area (Å²) in [6.45, 7) is 1.83. The van der Waals surface area contributed by atoms with Crippen molar-refractivity contribution in [3.8, 4) is 0 Å². The van der Waals surface area contributed by atoms with E-state index in [9.17, 15) is 4.79 Å². The molecule has 0 unspecified atom stereocenters. The van der Waals surface area contributed by atoms with E-state index < -0.39 is 5.91 Å². The van der Waals surface area contributed by atoms with E-state index in [0.717, 1.165) is 16.9 Å². The van der Waals surface area contributed by atoms with Crippen LogP contribution in [0.25, 0.3) is 0 Å². The zero-order valence-corrected chi connectivity index (χ0v) is 11.8. The van der Waals surface area contributed by atoms with Crippen molar-refractivity contribution < 1.29 is 4.79 Å². The van der Waals surface area contributed by atoms with Crippen LogP contribution in [0.3, 0.4) is 0 Å². The summed E-state index contributed by atoms with van der Waals surface area (Å²) < 4.78 is 0. The maximum Gasteiger partial charge on any atom is 0.249 e. The number of para-hydroxylation sites is 1. The average Bonchev–Trinajstić information content (AvgIpc) is 2.42. The van der Waals surface area contributed by atoms with Crippen molar-refractivity contribution in [2.45, 2.75) is 6.92 Å². The Bertz CT molecular complexity index is 641. The molecule has 20 heavy (non-hydrogen) atoms. The van der Waals surface area contributed by atoms with Gasteiger partial charge in [-0.3, -0.25) is 4.79 Å². The third-order valence-corrected chi connectivity index (χ3v) is 3.08. The molecule has 2 rings (SSSR count). The Morgan fingerprint density at radius 1 is 1.05 bits per heavy atom. The predicted octanol–water partition coefficient (Wildman–Crippen LogP) is 2.90. The number of benzene rings is 2. The molecule has 0 aliphatic rings. The summed E-state index contributed by atoms with van der Waals surface area (Å²) in [6.07, 6.45) is 0. The molecule has 0 spiro atoms. The van der Waals surface area contributed by atoms with Gasteiger partial charge in [-0.15, -0.1) is 0 Å². The largest absolute Gasteiger partial charge is 0.366 e. The van der Waals surface area contributed by atoms with Crippen LogP contribution in [0.5, 0.6) is 0 Å². The fraction of sp³-hybridized carbons (Fsp3) is 0.0667. The summed E-state index contributed by atoms with van der Waals surface area (Å²) >= 11 is 5.25. The smallest absolute Gasteiger partial charge is 0.249 e. The van der Waals surface area contributed by atoms with Crippen molar-refractivity contribution >= 4 is 34.6 Å². The Morgan fingerprint density at radius 3 is 2.40 bits per heavy atom. The standard InChI is InChI=1S/C15H15N3OS/c1-10-12(14(16)19)8-5-9-13(10)18-15(20)17-11-6-3-2-4-7-11/h2-9H,1H3,(H2,16,19)(H2,17,18,20). The van der Waals surface area contributed by atoms with Crippen molar-refractivity contribution in [1.29, 1.82) is 0 Å². The van der Waals surface area contributed by atoms with E-state index in [4.69, 9.17) is 18.0 Å².